The van der Waals surface area contributed by atoms with E-state index in [0.717, 1.165) is 6.07 Å². The molecule has 170 valence electrons. The number of nitrogens with zero attached hydrogens (tertiary/aromatic N) is 3. The van der Waals surface area contributed by atoms with Gasteiger partial charge in [0, 0.05) is 23.9 Å². The van der Waals surface area contributed by atoms with E-state index in [0.29, 0.717) is 46.5 Å². The zero-order valence-electron chi connectivity index (χ0n) is 17.8. The Hall–Kier alpha value is -2.78. The van der Waals surface area contributed by atoms with Crippen LogP contribution in [0.15, 0.2) is 23.9 Å². The van der Waals surface area contributed by atoms with Crippen LogP contribution in [0.3, 0.4) is 0 Å². The summed E-state index contributed by atoms with van der Waals surface area (Å²) >= 11 is 6.16. The lowest BCUT2D eigenvalue weighted by molar-refractivity contribution is 0.0676. The van der Waals surface area contributed by atoms with Gasteiger partial charge < -0.3 is 20.7 Å². The summed E-state index contributed by atoms with van der Waals surface area (Å²) in [6.07, 6.45) is -1.59. The van der Waals surface area contributed by atoms with Crippen LogP contribution in [0.25, 0.3) is 5.57 Å². The molecule has 3 N–H and O–H groups in total. The molecule has 10 heteroatoms. The first-order valence-electron chi connectivity index (χ1n) is 10.3. The van der Waals surface area contributed by atoms with Crippen LogP contribution < -0.4 is 15.8 Å². The molecular formula is C22H24ClF2N5O2. The van der Waals surface area contributed by atoms with Gasteiger partial charge in [0.25, 0.3) is 5.91 Å². The molecule has 32 heavy (non-hydrogen) atoms. The zero-order chi connectivity index (χ0) is 23.0. The first-order chi connectivity index (χ1) is 15.2. The van der Waals surface area contributed by atoms with E-state index in [9.17, 15) is 13.6 Å². The first-order valence-corrected chi connectivity index (χ1v) is 10.7. The van der Waals surface area contributed by atoms with Gasteiger partial charge in [-0.25, -0.2) is 18.7 Å². The number of aryl methyl sites for hydroxylation is 2. The Morgan fingerprint density at radius 1 is 1.28 bits per heavy atom. The number of benzene rings is 1. The van der Waals surface area contributed by atoms with E-state index in [2.05, 4.69) is 15.3 Å². The van der Waals surface area contributed by atoms with Crippen molar-refractivity contribution in [1.29, 1.82) is 0 Å². The molecule has 1 fully saturated rings. The summed E-state index contributed by atoms with van der Waals surface area (Å²) in [4.78, 5) is 23.6. The average Bonchev–Trinajstić information content (AvgIpc) is 3.14. The minimum Gasteiger partial charge on any atom is -0.486 e. The van der Waals surface area contributed by atoms with Crippen molar-refractivity contribution in [3.8, 4) is 5.75 Å². The first kappa shape index (κ1) is 22.4. The number of piperidine rings is 1. The summed E-state index contributed by atoms with van der Waals surface area (Å²) in [7, 11) is 0. The quantitative estimate of drug-likeness (QED) is 0.724. The summed E-state index contributed by atoms with van der Waals surface area (Å²) < 4.78 is 33.9. The molecule has 3 heterocycles. The molecule has 2 atom stereocenters. The maximum atomic E-state index is 14.2. The van der Waals surface area contributed by atoms with Crippen LogP contribution >= 0.6 is 11.6 Å². The van der Waals surface area contributed by atoms with Crippen molar-refractivity contribution in [2.45, 2.75) is 32.5 Å². The highest BCUT2D eigenvalue weighted by molar-refractivity contribution is 6.31. The fraction of sp³-hybridized carbons (Fsp3) is 0.409. The van der Waals surface area contributed by atoms with Gasteiger partial charge in [0.15, 0.2) is 5.82 Å². The van der Waals surface area contributed by atoms with Crippen molar-refractivity contribution < 1.29 is 18.3 Å². The molecular weight excluding hydrogens is 440 g/mol. The Bertz CT molecular complexity index is 1070. The van der Waals surface area contributed by atoms with Gasteiger partial charge in [-0.05, 0) is 38.9 Å². The maximum absolute atomic E-state index is 14.2. The third kappa shape index (κ3) is 4.40. The third-order valence-corrected chi connectivity index (χ3v) is 6.19. The van der Waals surface area contributed by atoms with Gasteiger partial charge in [-0.1, -0.05) is 11.6 Å². The van der Waals surface area contributed by atoms with Crippen LogP contribution in [0, 0.1) is 19.7 Å². The molecule has 2 aromatic rings. The van der Waals surface area contributed by atoms with Gasteiger partial charge in [0.1, 0.15) is 23.8 Å². The molecule has 7 nitrogen and oxygen atoms in total. The fourth-order valence-electron chi connectivity index (χ4n) is 3.88. The lowest BCUT2D eigenvalue weighted by atomic mass is 10.1. The number of halogens is 3. The molecule has 1 unspecified atom stereocenters. The van der Waals surface area contributed by atoms with Gasteiger partial charge in [0.05, 0.1) is 35.1 Å². The van der Waals surface area contributed by atoms with Crippen molar-refractivity contribution in [2.75, 3.05) is 26.2 Å². The largest absolute Gasteiger partial charge is 0.486 e. The Morgan fingerprint density at radius 2 is 2.00 bits per heavy atom. The van der Waals surface area contributed by atoms with Crippen molar-refractivity contribution >= 4 is 23.1 Å². The fourth-order valence-corrected chi connectivity index (χ4v) is 3.96. The molecule has 0 saturated carbocycles. The minimum absolute atomic E-state index is 0.0194. The topological polar surface area (TPSA) is 93.4 Å². The van der Waals surface area contributed by atoms with E-state index in [1.54, 1.807) is 13.8 Å². The van der Waals surface area contributed by atoms with Crippen molar-refractivity contribution in [3.05, 3.63) is 57.5 Å². The summed E-state index contributed by atoms with van der Waals surface area (Å²) in [6, 6.07) is 3.64. The number of hydrogen-bond acceptors (Lipinski definition) is 6. The molecule has 2 aliphatic heterocycles. The molecule has 1 aromatic heterocycles. The third-order valence-electron chi connectivity index (χ3n) is 5.64. The summed E-state index contributed by atoms with van der Waals surface area (Å²) in [5.74, 6) is -0.528. The second-order valence-electron chi connectivity index (χ2n) is 8.00. The van der Waals surface area contributed by atoms with Crippen LogP contribution in [0.1, 0.15) is 34.0 Å². The van der Waals surface area contributed by atoms with E-state index in [1.165, 1.54) is 17.0 Å². The second-order valence-corrected chi connectivity index (χ2v) is 8.38. The molecule has 0 radical (unpaired) electrons. The predicted molar refractivity (Wildman–Crippen MR) is 117 cm³/mol. The summed E-state index contributed by atoms with van der Waals surface area (Å²) in [5, 5.41) is 3.42. The number of hydrogen-bond donors (Lipinski definition) is 2. The van der Waals surface area contributed by atoms with Gasteiger partial charge in [-0.15, -0.1) is 0 Å². The molecule has 2 aliphatic rings. The molecule has 1 saturated heterocycles. The molecule has 0 spiro atoms. The van der Waals surface area contributed by atoms with Crippen LogP contribution in [0.2, 0.25) is 5.02 Å². The van der Waals surface area contributed by atoms with E-state index in [1.807, 2.05) is 0 Å². The van der Waals surface area contributed by atoms with Gasteiger partial charge in [0.2, 0.25) is 0 Å². The Kier molecular flexibility index (Phi) is 6.30. The van der Waals surface area contributed by atoms with Gasteiger partial charge >= 0.3 is 0 Å². The van der Waals surface area contributed by atoms with E-state index in [-0.39, 0.29) is 30.9 Å². The van der Waals surface area contributed by atoms with Crippen LogP contribution in [0.5, 0.6) is 5.75 Å². The Labute approximate surface area is 189 Å². The molecule has 0 bridgehead atoms. The number of amides is 1. The number of ether oxygens (including phenoxy) is 1. The lowest BCUT2D eigenvalue weighted by Crippen LogP contribution is -2.44. The predicted octanol–water partition coefficient (Wildman–Crippen LogP) is 2.79. The lowest BCUT2D eigenvalue weighted by Gasteiger charge is -2.28. The molecule has 4 rings (SSSR count). The van der Waals surface area contributed by atoms with Crippen molar-refractivity contribution in [2.24, 2.45) is 5.73 Å². The zero-order valence-corrected chi connectivity index (χ0v) is 18.5. The van der Waals surface area contributed by atoms with Crippen LogP contribution in [0.4, 0.5) is 8.78 Å². The Morgan fingerprint density at radius 3 is 2.69 bits per heavy atom. The van der Waals surface area contributed by atoms with Crippen LogP contribution in [-0.4, -0.2) is 59.2 Å². The molecule has 1 aromatic carbocycles. The smallest absolute Gasteiger partial charge is 0.258 e. The maximum Gasteiger partial charge on any atom is 0.258 e. The number of carbonyl (C=O) groups excluding carboxylic acids is 1. The molecule has 1 amide bonds. The monoisotopic (exact) mass is 463 g/mol. The summed E-state index contributed by atoms with van der Waals surface area (Å²) in [6.45, 7) is 4.63. The van der Waals surface area contributed by atoms with Crippen molar-refractivity contribution in [1.82, 2.24) is 20.2 Å². The SMILES string of the molecule is Cc1nc(C2=C(N)CN(C(=O)c3ccc(F)cc3O[C@H]3CCNCC3F)C2)nc(C)c1Cl. The highest BCUT2D eigenvalue weighted by Crippen LogP contribution is 2.30. The number of carbonyl (C=O) groups is 1. The van der Waals surface area contributed by atoms with Crippen molar-refractivity contribution in [3.63, 3.8) is 0 Å². The number of rotatable bonds is 4. The van der Waals surface area contributed by atoms with E-state index < -0.39 is 24.0 Å². The minimum atomic E-state index is -1.25. The average molecular weight is 464 g/mol. The number of nitrogens with one attached hydrogen (secondary N) is 1. The standard InChI is InChI=1S/C22H24ClF2N5O2/c1-11-20(23)12(2)29-21(28-11)15-9-30(10-17(15)26)22(31)14-4-3-13(24)7-19(14)32-18-5-6-27-8-16(18)25/h3-4,7,16,18,27H,5-6,8-10,26H2,1-2H3/t16?,18-/m0/s1. The van der Waals surface area contributed by atoms with Gasteiger partial charge in [-0.2, -0.15) is 0 Å². The normalized spacial score (nSPS) is 21.2. The van der Waals surface area contributed by atoms with Gasteiger partial charge in [-0.3, -0.25) is 4.79 Å². The highest BCUT2D eigenvalue weighted by atomic mass is 35.5. The summed E-state index contributed by atoms with van der Waals surface area (Å²) in [5.41, 5.74) is 8.70. The number of alkyl halides is 1. The van der Waals surface area contributed by atoms with Crippen LogP contribution in [-0.2, 0) is 0 Å². The number of nitrogens with two attached hydrogens (primary N) is 1. The van der Waals surface area contributed by atoms with E-state index in [4.69, 9.17) is 22.1 Å². The Balaban J connectivity index is 1.57. The molecule has 0 aliphatic carbocycles. The number of aromatic nitrogens is 2. The van der Waals surface area contributed by atoms with E-state index >= 15 is 0 Å². The second kappa shape index (κ2) is 8.99. The highest BCUT2D eigenvalue weighted by Gasteiger charge is 2.32.